The second-order valence-electron chi connectivity index (χ2n) is 4.06. The van der Waals surface area contributed by atoms with E-state index in [1.165, 1.54) is 0 Å². The zero-order valence-corrected chi connectivity index (χ0v) is 10.4. The first-order chi connectivity index (χ1) is 7.11. The van der Waals surface area contributed by atoms with E-state index in [0.717, 1.165) is 18.0 Å². The molecular formula is C10H19N3OS. The van der Waals surface area contributed by atoms with Crippen LogP contribution >= 0.6 is 11.8 Å². The fraction of sp³-hybridized carbons (Fsp3) is 0.800. The molecular weight excluding hydrogens is 210 g/mol. The monoisotopic (exact) mass is 229 g/mol. The van der Waals surface area contributed by atoms with Crippen LogP contribution in [0.5, 0.6) is 0 Å². The number of nitrogens with zero attached hydrogens (tertiary/aromatic N) is 2. The van der Waals surface area contributed by atoms with Crippen molar-refractivity contribution in [2.75, 3.05) is 6.54 Å². The minimum Gasteiger partial charge on any atom is -0.338 e. The van der Waals surface area contributed by atoms with Crippen molar-refractivity contribution in [3.05, 3.63) is 11.7 Å². The molecule has 4 nitrogen and oxygen atoms in total. The first kappa shape index (κ1) is 12.5. The molecule has 5 heteroatoms. The third-order valence-corrected chi connectivity index (χ3v) is 3.10. The van der Waals surface area contributed by atoms with Gasteiger partial charge in [-0.1, -0.05) is 25.9 Å². The van der Waals surface area contributed by atoms with Crippen molar-refractivity contribution < 1.29 is 4.52 Å². The van der Waals surface area contributed by atoms with E-state index in [9.17, 15) is 0 Å². The highest BCUT2D eigenvalue weighted by atomic mass is 32.2. The number of rotatable bonds is 6. The summed E-state index contributed by atoms with van der Waals surface area (Å²) in [6.07, 6.45) is 0.876. The van der Waals surface area contributed by atoms with Crippen LogP contribution in [0, 0.1) is 5.92 Å². The fourth-order valence-corrected chi connectivity index (χ4v) is 1.76. The van der Waals surface area contributed by atoms with Crippen molar-refractivity contribution in [1.29, 1.82) is 0 Å². The third kappa shape index (κ3) is 4.66. The van der Waals surface area contributed by atoms with Crippen LogP contribution < -0.4 is 5.73 Å². The van der Waals surface area contributed by atoms with Crippen LogP contribution in [0.3, 0.4) is 0 Å². The Morgan fingerprint density at radius 3 is 2.73 bits per heavy atom. The van der Waals surface area contributed by atoms with Crippen LogP contribution in [0.1, 0.15) is 32.5 Å². The summed E-state index contributed by atoms with van der Waals surface area (Å²) in [4.78, 5) is 4.32. The van der Waals surface area contributed by atoms with Crippen molar-refractivity contribution >= 4 is 11.8 Å². The van der Waals surface area contributed by atoms with Gasteiger partial charge in [0.2, 0.25) is 5.89 Å². The van der Waals surface area contributed by atoms with Gasteiger partial charge in [0, 0.05) is 18.2 Å². The van der Waals surface area contributed by atoms with Crippen LogP contribution in [0.15, 0.2) is 4.52 Å². The summed E-state index contributed by atoms with van der Waals surface area (Å²) < 4.78 is 5.14. The van der Waals surface area contributed by atoms with E-state index in [2.05, 4.69) is 30.9 Å². The normalized spacial score (nSPS) is 13.4. The van der Waals surface area contributed by atoms with Gasteiger partial charge >= 0.3 is 0 Å². The number of hydrogen-bond acceptors (Lipinski definition) is 5. The van der Waals surface area contributed by atoms with Gasteiger partial charge in [-0.15, -0.1) is 11.8 Å². The van der Waals surface area contributed by atoms with E-state index < -0.39 is 0 Å². The molecule has 0 saturated carbocycles. The van der Waals surface area contributed by atoms with Gasteiger partial charge in [-0.2, -0.15) is 4.98 Å². The van der Waals surface area contributed by atoms with Gasteiger partial charge in [0.1, 0.15) is 0 Å². The molecule has 0 aromatic carbocycles. The molecule has 0 saturated heterocycles. The Morgan fingerprint density at radius 1 is 1.40 bits per heavy atom. The number of aromatic nitrogens is 2. The molecule has 1 rings (SSSR count). The molecule has 1 aromatic rings. The summed E-state index contributed by atoms with van der Waals surface area (Å²) in [6.45, 7) is 7.05. The molecule has 0 fully saturated rings. The van der Waals surface area contributed by atoms with Gasteiger partial charge in [-0.05, 0) is 5.92 Å². The van der Waals surface area contributed by atoms with Crippen molar-refractivity contribution in [3.8, 4) is 0 Å². The van der Waals surface area contributed by atoms with Crippen LogP contribution in [0.4, 0.5) is 0 Å². The maximum Gasteiger partial charge on any atom is 0.236 e. The molecule has 0 aliphatic rings. The molecule has 0 radical (unpaired) electrons. The Labute approximate surface area is 95.0 Å². The van der Waals surface area contributed by atoms with E-state index in [-0.39, 0.29) is 0 Å². The van der Waals surface area contributed by atoms with Crippen molar-refractivity contribution in [2.24, 2.45) is 11.7 Å². The second-order valence-corrected chi connectivity index (χ2v) is 5.49. The van der Waals surface area contributed by atoms with E-state index in [0.29, 0.717) is 23.6 Å². The summed E-state index contributed by atoms with van der Waals surface area (Å²) in [6, 6.07) is 0. The Morgan fingerprint density at radius 2 is 2.13 bits per heavy atom. The van der Waals surface area contributed by atoms with Gasteiger partial charge in [-0.3, -0.25) is 0 Å². The average molecular weight is 229 g/mol. The van der Waals surface area contributed by atoms with E-state index >= 15 is 0 Å². The van der Waals surface area contributed by atoms with Crippen LogP contribution in [-0.4, -0.2) is 21.9 Å². The standard InChI is InChI=1S/C10H19N3OS/c1-7(2)4-9-12-10(14-13-9)6-15-8(3)5-11/h7-8H,4-6,11H2,1-3H3. The van der Waals surface area contributed by atoms with Crippen LogP contribution in [0.25, 0.3) is 0 Å². The summed E-state index contributed by atoms with van der Waals surface area (Å²) in [5, 5.41) is 4.37. The predicted octanol–water partition coefficient (Wildman–Crippen LogP) is 1.85. The van der Waals surface area contributed by atoms with Crippen molar-refractivity contribution in [3.63, 3.8) is 0 Å². The van der Waals surface area contributed by atoms with Crippen molar-refractivity contribution in [1.82, 2.24) is 10.1 Å². The smallest absolute Gasteiger partial charge is 0.236 e. The Kier molecular flexibility index (Phi) is 5.11. The third-order valence-electron chi connectivity index (χ3n) is 1.92. The fourth-order valence-electron chi connectivity index (χ4n) is 1.08. The maximum atomic E-state index is 5.52. The average Bonchev–Trinajstić information content (AvgIpc) is 2.61. The molecule has 86 valence electrons. The Bertz CT molecular complexity index is 288. The van der Waals surface area contributed by atoms with Crippen LogP contribution in [-0.2, 0) is 12.2 Å². The summed E-state index contributed by atoms with van der Waals surface area (Å²) in [5.74, 6) is 2.83. The zero-order chi connectivity index (χ0) is 11.3. The lowest BCUT2D eigenvalue weighted by molar-refractivity contribution is 0.382. The largest absolute Gasteiger partial charge is 0.338 e. The Hall–Kier alpha value is -0.550. The molecule has 0 amide bonds. The molecule has 0 aliphatic carbocycles. The molecule has 1 heterocycles. The highest BCUT2D eigenvalue weighted by Gasteiger charge is 2.09. The minimum absolute atomic E-state index is 0.436. The SMILES string of the molecule is CC(C)Cc1noc(CSC(C)CN)n1. The molecule has 0 bridgehead atoms. The van der Waals surface area contributed by atoms with Gasteiger partial charge < -0.3 is 10.3 Å². The topological polar surface area (TPSA) is 64.9 Å². The van der Waals surface area contributed by atoms with Crippen LogP contribution in [0.2, 0.25) is 0 Å². The van der Waals surface area contributed by atoms with Gasteiger partial charge in [0.05, 0.1) is 5.75 Å². The highest BCUT2D eigenvalue weighted by molar-refractivity contribution is 7.99. The number of hydrogen-bond donors (Lipinski definition) is 1. The number of thioether (sulfide) groups is 1. The van der Waals surface area contributed by atoms with Gasteiger partial charge in [-0.25, -0.2) is 0 Å². The van der Waals surface area contributed by atoms with Crippen molar-refractivity contribution in [2.45, 2.75) is 38.2 Å². The molecule has 0 aliphatic heterocycles. The summed E-state index contributed by atoms with van der Waals surface area (Å²) in [7, 11) is 0. The first-order valence-electron chi connectivity index (χ1n) is 5.25. The lowest BCUT2D eigenvalue weighted by Gasteiger charge is -2.04. The maximum absolute atomic E-state index is 5.52. The lowest BCUT2D eigenvalue weighted by atomic mass is 10.1. The molecule has 2 N–H and O–H groups in total. The summed E-state index contributed by atoms with van der Waals surface area (Å²) >= 11 is 1.74. The molecule has 1 atom stereocenters. The van der Waals surface area contributed by atoms with E-state index in [1.54, 1.807) is 11.8 Å². The highest BCUT2D eigenvalue weighted by Crippen LogP contribution is 2.16. The first-order valence-corrected chi connectivity index (χ1v) is 6.29. The molecule has 1 aromatic heterocycles. The quantitative estimate of drug-likeness (QED) is 0.806. The van der Waals surface area contributed by atoms with Gasteiger partial charge in [0.25, 0.3) is 0 Å². The Balaban J connectivity index is 2.39. The summed E-state index contributed by atoms with van der Waals surface area (Å²) in [5.41, 5.74) is 5.52. The van der Waals surface area contributed by atoms with Gasteiger partial charge in [0.15, 0.2) is 5.82 Å². The second kappa shape index (κ2) is 6.12. The lowest BCUT2D eigenvalue weighted by Crippen LogP contribution is -2.12. The molecule has 0 spiro atoms. The van der Waals surface area contributed by atoms with E-state index in [1.807, 2.05) is 0 Å². The number of nitrogens with two attached hydrogens (primary N) is 1. The predicted molar refractivity (Wildman–Crippen MR) is 62.7 cm³/mol. The molecule has 1 unspecified atom stereocenters. The molecule has 15 heavy (non-hydrogen) atoms. The zero-order valence-electron chi connectivity index (χ0n) is 9.56. The minimum atomic E-state index is 0.436. The van der Waals surface area contributed by atoms with E-state index in [4.69, 9.17) is 10.3 Å².